The molecule has 0 saturated carbocycles. The molecule has 0 unspecified atom stereocenters. The molecule has 0 saturated heterocycles. The summed E-state index contributed by atoms with van der Waals surface area (Å²) in [6.45, 7) is 9.03. The quantitative estimate of drug-likeness (QED) is 0.325. The summed E-state index contributed by atoms with van der Waals surface area (Å²) in [5.41, 5.74) is 0. The molecule has 22 heavy (non-hydrogen) atoms. The number of hydrogen-bond acceptors (Lipinski definition) is 6. The summed E-state index contributed by atoms with van der Waals surface area (Å²) < 4.78 is 16.6. The van der Waals surface area contributed by atoms with Crippen molar-refractivity contribution < 1.29 is 23.4 Å². The van der Waals surface area contributed by atoms with Crippen LogP contribution in [-0.2, 0) is 23.4 Å². The zero-order valence-corrected chi connectivity index (χ0v) is 16.2. The molecule has 0 aliphatic carbocycles. The van der Waals surface area contributed by atoms with Gasteiger partial charge in [-0.2, -0.15) is 0 Å². The van der Waals surface area contributed by atoms with Gasteiger partial charge in [0, 0.05) is 0 Å². The second-order valence-electron chi connectivity index (χ2n) is 4.59. The van der Waals surface area contributed by atoms with Crippen LogP contribution in [0.2, 0.25) is 0 Å². The SMILES string of the molecule is CC(=O)/C=C(/C)[O][Sb]([O]/C(C)=C\C(C)=O)[O]/C(C)=C\C(C)=O. The molecule has 6 nitrogen and oxygen atoms in total. The van der Waals surface area contributed by atoms with E-state index in [1.165, 1.54) is 39.0 Å². The fourth-order valence-electron chi connectivity index (χ4n) is 1.35. The second kappa shape index (κ2) is 10.2. The minimum absolute atomic E-state index is 0.162. The van der Waals surface area contributed by atoms with Crippen molar-refractivity contribution in [1.29, 1.82) is 0 Å². The fourth-order valence-corrected chi connectivity index (χ4v) is 4.13. The number of ketones is 3. The standard InChI is InChI=1S/3C5H8O2.Sb/c3*1-4(6)3-5(2)7;/h3*3,6H,1-2H3;/q;;;+3/p-3/b3*4-3-;. The van der Waals surface area contributed by atoms with Crippen molar-refractivity contribution in [3.05, 3.63) is 35.5 Å². The molecule has 122 valence electrons. The van der Waals surface area contributed by atoms with E-state index in [-0.39, 0.29) is 17.3 Å². The fraction of sp³-hybridized carbons (Fsp3) is 0.400. The maximum absolute atomic E-state index is 11.0. The summed E-state index contributed by atoms with van der Waals surface area (Å²) in [5, 5.41) is 0. The molecule has 0 atom stereocenters. The van der Waals surface area contributed by atoms with Crippen LogP contribution in [0.3, 0.4) is 0 Å². The van der Waals surface area contributed by atoms with E-state index in [4.69, 9.17) is 9.05 Å². The van der Waals surface area contributed by atoms with Gasteiger partial charge in [0.15, 0.2) is 0 Å². The van der Waals surface area contributed by atoms with Crippen molar-refractivity contribution >= 4 is 38.8 Å². The molecule has 0 rings (SSSR count). The second-order valence-corrected chi connectivity index (χ2v) is 7.43. The van der Waals surface area contributed by atoms with Gasteiger partial charge in [0.1, 0.15) is 0 Å². The van der Waals surface area contributed by atoms with Gasteiger partial charge in [-0.15, -0.1) is 0 Å². The normalized spacial score (nSPS) is 13.0. The van der Waals surface area contributed by atoms with Crippen LogP contribution in [0.1, 0.15) is 41.5 Å². The Balaban J connectivity index is 5.10. The molecule has 0 bridgehead atoms. The Kier molecular flexibility index (Phi) is 9.50. The van der Waals surface area contributed by atoms with Crippen LogP contribution in [0.4, 0.5) is 0 Å². The molecule has 0 spiro atoms. The van der Waals surface area contributed by atoms with Crippen LogP contribution in [0.15, 0.2) is 35.5 Å². The molecule has 0 aliphatic heterocycles. The van der Waals surface area contributed by atoms with Crippen LogP contribution in [0.25, 0.3) is 0 Å². The van der Waals surface area contributed by atoms with E-state index in [1.807, 2.05) is 0 Å². The van der Waals surface area contributed by atoms with Crippen LogP contribution >= 0.6 is 0 Å². The summed E-state index contributed by atoms with van der Waals surface area (Å²) in [6, 6.07) is 0. The number of carbonyl (C=O) groups excluding carboxylic acids is 3. The van der Waals surface area contributed by atoms with Crippen LogP contribution in [0.5, 0.6) is 0 Å². The third-order valence-corrected chi connectivity index (χ3v) is 5.62. The van der Waals surface area contributed by atoms with Gasteiger partial charge in [-0.25, -0.2) is 0 Å². The summed E-state index contributed by atoms with van der Waals surface area (Å²) in [7, 11) is 0. The Hall–Kier alpha value is -1.55. The van der Waals surface area contributed by atoms with E-state index < -0.39 is 21.5 Å². The average molecular weight is 419 g/mol. The van der Waals surface area contributed by atoms with Crippen molar-refractivity contribution in [2.75, 3.05) is 0 Å². The Bertz CT molecular complexity index is 454. The van der Waals surface area contributed by atoms with Gasteiger partial charge in [0.25, 0.3) is 0 Å². The van der Waals surface area contributed by atoms with Crippen molar-refractivity contribution in [2.24, 2.45) is 0 Å². The van der Waals surface area contributed by atoms with E-state index in [0.29, 0.717) is 17.3 Å². The molecule has 7 heteroatoms. The molecular formula is C15H21O6Sb. The number of allylic oxidation sites excluding steroid dienone is 6. The first-order valence-corrected chi connectivity index (χ1v) is 9.63. The molecule has 0 aromatic carbocycles. The topological polar surface area (TPSA) is 78.9 Å². The minimum atomic E-state index is -3.23. The van der Waals surface area contributed by atoms with Crippen molar-refractivity contribution in [3.63, 3.8) is 0 Å². The van der Waals surface area contributed by atoms with Gasteiger partial charge >= 0.3 is 139 Å². The molecule has 0 fully saturated rings. The number of hydrogen-bond donors (Lipinski definition) is 0. The summed E-state index contributed by atoms with van der Waals surface area (Å²) in [4.78, 5) is 33.1. The Morgan fingerprint density at radius 2 is 0.818 bits per heavy atom. The van der Waals surface area contributed by atoms with Crippen LogP contribution in [0, 0.1) is 0 Å². The van der Waals surface area contributed by atoms with Gasteiger partial charge < -0.3 is 0 Å². The Morgan fingerprint density at radius 3 is 1.00 bits per heavy atom. The van der Waals surface area contributed by atoms with Crippen molar-refractivity contribution in [1.82, 2.24) is 0 Å². The predicted octanol–water partition coefficient (Wildman–Crippen LogP) is 2.50. The van der Waals surface area contributed by atoms with Crippen molar-refractivity contribution in [2.45, 2.75) is 41.5 Å². The predicted molar refractivity (Wildman–Crippen MR) is 82.3 cm³/mol. The van der Waals surface area contributed by atoms with E-state index in [1.54, 1.807) is 20.8 Å². The Labute approximate surface area is 139 Å². The van der Waals surface area contributed by atoms with Crippen molar-refractivity contribution in [3.8, 4) is 0 Å². The first kappa shape index (κ1) is 20.4. The van der Waals surface area contributed by atoms with E-state index in [0.717, 1.165) is 0 Å². The molecule has 0 aliphatic rings. The first-order chi connectivity index (χ1) is 10.1. The van der Waals surface area contributed by atoms with Crippen LogP contribution < -0.4 is 0 Å². The first-order valence-electron chi connectivity index (χ1n) is 6.50. The van der Waals surface area contributed by atoms with E-state index in [9.17, 15) is 14.4 Å². The third-order valence-electron chi connectivity index (χ3n) is 1.88. The monoisotopic (exact) mass is 418 g/mol. The summed E-state index contributed by atoms with van der Waals surface area (Å²) in [5.74, 6) is 0.602. The van der Waals surface area contributed by atoms with Gasteiger partial charge in [0.05, 0.1) is 0 Å². The number of rotatable bonds is 9. The number of carbonyl (C=O) groups is 3. The molecule has 0 aromatic rings. The van der Waals surface area contributed by atoms with E-state index >= 15 is 0 Å². The van der Waals surface area contributed by atoms with Gasteiger partial charge in [-0.05, 0) is 0 Å². The third kappa shape index (κ3) is 11.1. The molecule has 0 aromatic heterocycles. The summed E-state index contributed by atoms with van der Waals surface area (Å²) >= 11 is -3.23. The Morgan fingerprint density at radius 1 is 0.591 bits per heavy atom. The zero-order valence-electron chi connectivity index (χ0n) is 13.6. The average Bonchev–Trinajstić information content (AvgIpc) is 2.23. The summed E-state index contributed by atoms with van der Waals surface area (Å²) in [6.07, 6.45) is 3.95. The molecule has 0 heterocycles. The molecular weight excluding hydrogens is 398 g/mol. The van der Waals surface area contributed by atoms with E-state index in [2.05, 4.69) is 0 Å². The molecule has 0 radical (unpaired) electrons. The van der Waals surface area contributed by atoms with Gasteiger partial charge in [0.2, 0.25) is 0 Å². The van der Waals surface area contributed by atoms with Gasteiger partial charge in [-0.1, -0.05) is 0 Å². The van der Waals surface area contributed by atoms with Crippen LogP contribution in [-0.4, -0.2) is 38.8 Å². The maximum atomic E-state index is 11.0. The zero-order chi connectivity index (χ0) is 17.3. The molecule has 0 N–H and O–H groups in total. The van der Waals surface area contributed by atoms with Gasteiger partial charge in [-0.3, -0.25) is 0 Å². The molecule has 0 amide bonds.